The van der Waals surface area contributed by atoms with E-state index in [0.29, 0.717) is 13.1 Å². The van der Waals surface area contributed by atoms with Crippen molar-refractivity contribution in [3.05, 3.63) is 47.3 Å². The Hall–Kier alpha value is -1.71. The highest BCUT2D eigenvalue weighted by Crippen LogP contribution is 2.14. The van der Waals surface area contributed by atoms with Crippen molar-refractivity contribution in [2.75, 3.05) is 13.1 Å². The molecule has 0 bridgehead atoms. The number of nitrogens with zero attached hydrogens (tertiary/aromatic N) is 4. The van der Waals surface area contributed by atoms with Crippen molar-refractivity contribution in [2.24, 2.45) is 4.99 Å². The zero-order chi connectivity index (χ0) is 18.2. The van der Waals surface area contributed by atoms with Gasteiger partial charge in [0.1, 0.15) is 18.2 Å². The van der Waals surface area contributed by atoms with Crippen molar-refractivity contribution in [1.29, 1.82) is 0 Å². The normalized spacial score (nSPS) is 14.1. The number of nitrogens with one attached hydrogen (secondary N) is 2. The summed E-state index contributed by atoms with van der Waals surface area (Å²) in [5.41, 5.74) is 0.969. The number of halogens is 2. The number of aryl methyl sites for hydroxylation is 1. The fourth-order valence-electron chi connectivity index (χ4n) is 3.17. The van der Waals surface area contributed by atoms with Gasteiger partial charge in [0.25, 0.3) is 0 Å². The smallest absolute Gasteiger partial charge is 0.191 e. The maximum Gasteiger partial charge on any atom is 0.191 e. The zero-order valence-corrected chi connectivity index (χ0v) is 18.1. The number of benzene rings is 1. The summed E-state index contributed by atoms with van der Waals surface area (Å²) in [6, 6.07) is 6.70. The molecule has 2 heterocycles. The minimum atomic E-state index is -0.199. The molecule has 6 nitrogen and oxygen atoms in total. The van der Waals surface area contributed by atoms with E-state index in [1.807, 2.05) is 13.0 Å². The number of hydrogen-bond acceptors (Lipinski definition) is 3. The second-order valence-electron chi connectivity index (χ2n) is 6.50. The molecular formula is C19H28FIN6. The summed E-state index contributed by atoms with van der Waals surface area (Å²) < 4.78 is 15.5. The van der Waals surface area contributed by atoms with E-state index in [9.17, 15) is 4.39 Å². The van der Waals surface area contributed by atoms with Crippen molar-refractivity contribution >= 4 is 29.9 Å². The molecule has 0 aliphatic carbocycles. The van der Waals surface area contributed by atoms with Crippen molar-refractivity contribution in [3.8, 4) is 0 Å². The SMILES string of the molecule is CCNC(=NCc1nnc2n1CCCCC2)NCCc1cccc(F)c1.I. The van der Waals surface area contributed by atoms with E-state index < -0.39 is 0 Å². The average Bonchev–Trinajstić information content (AvgIpc) is 2.86. The molecule has 0 unspecified atom stereocenters. The summed E-state index contributed by atoms with van der Waals surface area (Å²) in [7, 11) is 0. The standard InChI is InChI=1S/C19H27FN6.HI/c1-2-21-19(22-11-10-15-7-6-8-16(20)13-15)23-14-18-25-24-17-9-4-3-5-12-26(17)18;/h6-8,13H,2-5,9-12,14H2,1H3,(H2,21,22,23);1H. The molecule has 1 aliphatic rings. The van der Waals surface area contributed by atoms with Crippen LogP contribution in [0.4, 0.5) is 4.39 Å². The Morgan fingerprint density at radius 3 is 2.93 bits per heavy atom. The van der Waals surface area contributed by atoms with E-state index in [4.69, 9.17) is 0 Å². The van der Waals surface area contributed by atoms with Crippen molar-refractivity contribution in [3.63, 3.8) is 0 Å². The lowest BCUT2D eigenvalue weighted by atomic mass is 10.1. The molecule has 148 valence electrons. The highest BCUT2D eigenvalue weighted by Gasteiger charge is 2.14. The molecule has 27 heavy (non-hydrogen) atoms. The van der Waals surface area contributed by atoms with Gasteiger partial charge in [-0.05, 0) is 43.9 Å². The first-order chi connectivity index (χ1) is 12.8. The summed E-state index contributed by atoms with van der Waals surface area (Å²) in [6.45, 7) is 4.99. The van der Waals surface area contributed by atoms with E-state index in [1.54, 1.807) is 12.1 Å². The van der Waals surface area contributed by atoms with Gasteiger partial charge < -0.3 is 15.2 Å². The van der Waals surface area contributed by atoms with Crippen LogP contribution in [0.25, 0.3) is 0 Å². The topological polar surface area (TPSA) is 67.1 Å². The highest BCUT2D eigenvalue weighted by atomic mass is 127. The minimum absolute atomic E-state index is 0. The van der Waals surface area contributed by atoms with Gasteiger partial charge in [0.15, 0.2) is 11.8 Å². The van der Waals surface area contributed by atoms with Crippen LogP contribution in [0.5, 0.6) is 0 Å². The van der Waals surface area contributed by atoms with Crippen LogP contribution in [0.15, 0.2) is 29.3 Å². The molecule has 1 aromatic carbocycles. The lowest BCUT2D eigenvalue weighted by Crippen LogP contribution is -2.38. The molecule has 1 aromatic heterocycles. The van der Waals surface area contributed by atoms with Gasteiger partial charge in [-0.2, -0.15) is 0 Å². The number of hydrogen-bond donors (Lipinski definition) is 2. The van der Waals surface area contributed by atoms with Crippen molar-refractivity contribution < 1.29 is 4.39 Å². The predicted octanol–water partition coefficient (Wildman–Crippen LogP) is 3.06. The number of guanidine groups is 1. The Balaban J connectivity index is 0.00000261. The quantitative estimate of drug-likeness (QED) is 0.374. The lowest BCUT2D eigenvalue weighted by Gasteiger charge is -2.11. The first-order valence-electron chi connectivity index (χ1n) is 9.44. The predicted molar refractivity (Wildman–Crippen MR) is 116 cm³/mol. The second kappa shape index (κ2) is 11.2. The molecule has 2 N–H and O–H groups in total. The molecule has 0 saturated carbocycles. The van der Waals surface area contributed by atoms with Crippen LogP contribution in [-0.2, 0) is 25.9 Å². The Morgan fingerprint density at radius 2 is 2.11 bits per heavy atom. The van der Waals surface area contributed by atoms with E-state index in [1.165, 1.54) is 25.3 Å². The van der Waals surface area contributed by atoms with Crippen molar-refractivity contribution in [1.82, 2.24) is 25.4 Å². The molecule has 3 rings (SSSR count). The van der Waals surface area contributed by atoms with Gasteiger partial charge in [0.2, 0.25) is 0 Å². The molecule has 8 heteroatoms. The van der Waals surface area contributed by atoms with Crippen LogP contribution in [0.1, 0.15) is 43.4 Å². The maximum atomic E-state index is 13.2. The molecular weight excluding hydrogens is 458 g/mol. The zero-order valence-electron chi connectivity index (χ0n) is 15.7. The molecule has 1 aliphatic heterocycles. The summed E-state index contributed by atoms with van der Waals surface area (Å²) in [4.78, 5) is 4.64. The van der Waals surface area contributed by atoms with Crippen LogP contribution in [0.3, 0.4) is 0 Å². The number of fused-ring (bicyclic) bond motifs is 1. The summed E-state index contributed by atoms with van der Waals surface area (Å²) in [6.07, 6.45) is 5.35. The van der Waals surface area contributed by atoms with Gasteiger partial charge in [0.05, 0.1) is 0 Å². The van der Waals surface area contributed by atoms with Gasteiger partial charge >= 0.3 is 0 Å². The second-order valence-corrected chi connectivity index (χ2v) is 6.50. The molecule has 0 spiro atoms. The summed E-state index contributed by atoms with van der Waals surface area (Å²) in [5, 5.41) is 15.2. The summed E-state index contributed by atoms with van der Waals surface area (Å²) >= 11 is 0. The van der Waals surface area contributed by atoms with Gasteiger partial charge in [-0.25, -0.2) is 9.38 Å². The largest absolute Gasteiger partial charge is 0.357 e. The number of aromatic nitrogens is 3. The van der Waals surface area contributed by atoms with Crippen LogP contribution >= 0.6 is 24.0 Å². The first kappa shape index (κ1) is 21.6. The Kier molecular flexibility index (Phi) is 8.96. The Labute approximate surface area is 177 Å². The van der Waals surface area contributed by atoms with Crippen molar-refractivity contribution in [2.45, 2.75) is 52.1 Å². The Bertz CT molecular complexity index is 746. The van der Waals surface area contributed by atoms with Crippen LogP contribution < -0.4 is 10.6 Å². The lowest BCUT2D eigenvalue weighted by molar-refractivity contribution is 0.605. The number of rotatable bonds is 6. The monoisotopic (exact) mass is 486 g/mol. The van der Waals surface area contributed by atoms with Crippen LogP contribution in [0.2, 0.25) is 0 Å². The fourth-order valence-corrected chi connectivity index (χ4v) is 3.17. The third kappa shape index (κ3) is 6.44. The fraction of sp³-hybridized carbons (Fsp3) is 0.526. The molecule has 0 saturated heterocycles. The van der Waals surface area contributed by atoms with Gasteiger partial charge in [-0.15, -0.1) is 34.2 Å². The highest BCUT2D eigenvalue weighted by molar-refractivity contribution is 14.0. The van der Waals surface area contributed by atoms with Crippen LogP contribution in [-0.4, -0.2) is 33.8 Å². The first-order valence-corrected chi connectivity index (χ1v) is 9.44. The molecule has 0 atom stereocenters. The third-order valence-electron chi connectivity index (χ3n) is 4.50. The van der Waals surface area contributed by atoms with E-state index in [0.717, 1.165) is 49.1 Å². The maximum absolute atomic E-state index is 13.2. The van der Waals surface area contributed by atoms with Gasteiger partial charge in [-0.3, -0.25) is 0 Å². The average molecular weight is 486 g/mol. The number of aliphatic imine (C=N–C) groups is 1. The Morgan fingerprint density at radius 1 is 1.22 bits per heavy atom. The minimum Gasteiger partial charge on any atom is -0.357 e. The molecule has 2 aromatic rings. The van der Waals surface area contributed by atoms with Crippen LogP contribution in [0, 0.1) is 5.82 Å². The molecule has 0 radical (unpaired) electrons. The molecule has 0 fully saturated rings. The van der Waals surface area contributed by atoms with E-state index in [2.05, 4.69) is 30.4 Å². The van der Waals surface area contributed by atoms with Gasteiger partial charge in [0, 0.05) is 26.1 Å². The third-order valence-corrected chi connectivity index (χ3v) is 4.50. The molecule has 0 amide bonds. The summed E-state index contributed by atoms with van der Waals surface area (Å²) in [5.74, 6) is 2.55. The van der Waals surface area contributed by atoms with E-state index >= 15 is 0 Å². The van der Waals surface area contributed by atoms with E-state index in [-0.39, 0.29) is 29.8 Å². The van der Waals surface area contributed by atoms with Gasteiger partial charge in [-0.1, -0.05) is 18.6 Å².